The molecule has 0 bridgehead atoms. The first kappa shape index (κ1) is 23.9. The van der Waals surface area contributed by atoms with E-state index >= 15 is 0 Å². The van der Waals surface area contributed by atoms with Crippen LogP contribution in [0.1, 0.15) is 36.5 Å². The molecule has 6 heteroatoms. The molecule has 5 rings (SSSR count). The van der Waals surface area contributed by atoms with Crippen molar-refractivity contribution in [2.24, 2.45) is 0 Å². The first-order valence-electron chi connectivity index (χ1n) is 12.1. The molecule has 0 aliphatic heterocycles. The van der Waals surface area contributed by atoms with Gasteiger partial charge >= 0.3 is 0 Å². The third-order valence-electron chi connectivity index (χ3n) is 6.35. The van der Waals surface area contributed by atoms with Crippen molar-refractivity contribution in [3.8, 4) is 16.9 Å². The number of ether oxygens (including phenoxy) is 1. The van der Waals surface area contributed by atoms with Crippen molar-refractivity contribution in [1.29, 1.82) is 0 Å². The van der Waals surface area contributed by atoms with Crippen molar-refractivity contribution in [3.63, 3.8) is 0 Å². The Bertz CT molecular complexity index is 1520. The second-order valence-electron chi connectivity index (χ2n) is 9.11. The third kappa shape index (κ3) is 4.95. The maximum atomic E-state index is 13.7. The molecule has 5 nitrogen and oxygen atoms in total. The van der Waals surface area contributed by atoms with Gasteiger partial charge in [-0.05, 0) is 40.3 Å². The Morgan fingerprint density at radius 1 is 0.944 bits per heavy atom. The zero-order valence-corrected chi connectivity index (χ0v) is 21.5. The number of benzene rings is 3. The summed E-state index contributed by atoms with van der Waals surface area (Å²) in [5, 5.41) is 0.702. The summed E-state index contributed by atoms with van der Waals surface area (Å²) in [7, 11) is 1.65. The van der Waals surface area contributed by atoms with Gasteiger partial charge in [-0.25, -0.2) is 4.98 Å². The van der Waals surface area contributed by atoms with E-state index in [4.69, 9.17) is 9.72 Å². The molecule has 1 N–H and O–H groups in total. The van der Waals surface area contributed by atoms with Crippen LogP contribution in [0.2, 0.25) is 0 Å². The summed E-state index contributed by atoms with van der Waals surface area (Å²) in [6.45, 7) is 4.82. The molecule has 182 valence electrons. The highest BCUT2D eigenvalue weighted by Crippen LogP contribution is 2.29. The minimum atomic E-state index is -0.0735. The third-order valence-corrected chi connectivity index (χ3v) is 7.40. The van der Waals surface area contributed by atoms with Gasteiger partial charge in [0.25, 0.3) is 5.56 Å². The van der Waals surface area contributed by atoms with Gasteiger partial charge in [-0.3, -0.25) is 9.36 Å². The molecule has 0 unspecified atom stereocenters. The van der Waals surface area contributed by atoms with E-state index in [1.54, 1.807) is 23.4 Å². The maximum Gasteiger partial charge on any atom is 0.278 e. The molecule has 0 saturated heterocycles. The van der Waals surface area contributed by atoms with Crippen LogP contribution in [0.3, 0.4) is 0 Å². The Morgan fingerprint density at radius 2 is 1.64 bits per heavy atom. The summed E-state index contributed by atoms with van der Waals surface area (Å²) in [6, 6.07) is 26.5. The molecule has 2 heterocycles. The number of thioether (sulfide) groups is 1. The highest BCUT2D eigenvalue weighted by atomic mass is 32.2. The van der Waals surface area contributed by atoms with Crippen LogP contribution in [0.25, 0.3) is 22.2 Å². The molecular weight excluding hydrogens is 466 g/mol. The normalized spacial score (nSPS) is 11.3. The smallest absolute Gasteiger partial charge is 0.278 e. The average Bonchev–Trinajstić information content (AvgIpc) is 3.34. The van der Waals surface area contributed by atoms with Crippen molar-refractivity contribution in [3.05, 3.63) is 112 Å². The van der Waals surface area contributed by atoms with E-state index < -0.39 is 0 Å². The minimum Gasteiger partial charge on any atom is -0.497 e. The van der Waals surface area contributed by atoms with Crippen molar-refractivity contribution < 1.29 is 4.74 Å². The van der Waals surface area contributed by atoms with Crippen LogP contribution in [0.15, 0.2) is 95.0 Å². The van der Waals surface area contributed by atoms with Crippen LogP contribution in [0, 0.1) is 0 Å². The van der Waals surface area contributed by atoms with Crippen LogP contribution in [-0.2, 0) is 12.3 Å². The predicted molar refractivity (Wildman–Crippen MR) is 148 cm³/mol. The fourth-order valence-electron chi connectivity index (χ4n) is 4.22. The van der Waals surface area contributed by atoms with Gasteiger partial charge < -0.3 is 9.72 Å². The molecule has 0 atom stereocenters. The van der Waals surface area contributed by atoms with Crippen LogP contribution < -0.4 is 10.3 Å². The summed E-state index contributed by atoms with van der Waals surface area (Å²) in [4.78, 5) is 21.9. The van der Waals surface area contributed by atoms with Gasteiger partial charge in [-0.15, -0.1) is 0 Å². The van der Waals surface area contributed by atoms with Gasteiger partial charge in [0.15, 0.2) is 5.16 Å². The number of rotatable bonds is 8. The zero-order chi connectivity index (χ0) is 25.1. The van der Waals surface area contributed by atoms with Gasteiger partial charge in [0.05, 0.1) is 13.7 Å². The van der Waals surface area contributed by atoms with E-state index in [0.717, 1.165) is 28.2 Å². The molecule has 0 amide bonds. The van der Waals surface area contributed by atoms with Crippen LogP contribution in [0.4, 0.5) is 0 Å². The molecule has 0 spiro atoms. The van der Waals surface area contributed by atoms with Gasteiger partial charge in [-0.1, -0.05) is 92.3 Å². The summed E-state index contributed by atoms with van der Waals surface area (Å²) in [6.07, 6.45) is 1.88. The molecule has 0 saturated carbocycles. The molecule has 0 aliphatic carbocycles. The molecule has 5 aromatic rings. The average molecular weight is 496 g/mol. The minimum absolute atomic E-state index is 0.0735. The molecule has 0 radical (unpaired) electrons. The topological polar surface area (TPSA) is 59.9 Å². The predicted octanol–water partition coefficient (Wildman–Crippen LogP) is 6.86. The number of nitrogens with one attached hydrogen (secondary N) is 1. The van der Waals surface area contributed by atoms with E-state index in [1.165, 1.54) is 11.1 Å². The highest BCUT2D eigenvalue weighted by Gasteiger charge is 2.17. The zero-order valence-electron chi connectivity index (χ0n) is 20.7. The lowest BCUT2D eigenvalue weighted by Gasteiger charge is -2.13. The van der Waals surface area contributed by atoms with Crippen LogP contribution >= 0.6 is 11.8 Å². The number of aromatic nitrogens is 3. The van der Waals surface area contributed by atoms with E-state index in [1.807, 2.05) is 60.8 Å². The lowest BCUT2D eigenvalue weighted by molar-refractivity contribution is 0.414. The Morgan fingerprint density at radius 3 is 2.31 bits per heavy atom. The standard InChI is InChI=1S/C30H29N3O2S/c1-20(2)23-13-9-22(10-14-23)19-36-30-32-27-26(24-7-5-4-6-8-24)17-31-28(27)29(34)33(30)18-21-11-15-25(35-3)16-12-21/h4-17,20,31H,18-19H2,1-3H3. The Balaban J connectivity index is 1.55. The summed E-state index contributed by atoms with van der Waals surface area (Å²) >= 11 is 1.59. The molecule has 2 aromatic heterocycles. The SMILES string of the molecule is COc1ccc(Cn2c(SCc3ccc(C(C)C)cc3)nc3c(-c4ccccc4)c[nH]c3c2=O)cc1. The second-order valence-corrected chi connectivity index (χ2v) is 10.1. The number of hydrogen-bond acceptors (Lipinski definition) is 4. The monoisotopic (exact) mass is 495 g/mol. The van der Waals surface area contributed by atoms with Crippen molar-refractivity contribution >= 4 is 22.8 Å². The fraction of sp³-hybridized carbons (Fsp3) is 0.200. The Labute approximate surface area is 215 Å². The Kier molecular flexibility index (Phi) is 6.96. The highest BCUT2D eigenvalue weighted by molar-refractivity contribution is 7.98. The molecule has 3 aromatic carbocycles. The maximum absolute atomic E-state index is 13.7. The fourth-order valence-corrected chi connectivity index (χ4v) is 5.17. The van der Waals surface area contributed by atoms with Gasteiger partial charge in [0.1, 0.15) is 16.8 Å². The first-order valence-corrected chi connectivity index (χ1v) is 13.0. The van der Waals surface area contributed by atoms with E-state index in [-0.39, 0.29) is 5.56 Å². The summed E-state index contributed by atoms with van der Waals surface area (Å²) < 4.78 is 7.06. The number of hydrogen-bond donors (Lipinski definition) is 1. The quantitative estimate of drug-likeness (QED) is 0.189. The van der Waals surface area contributed by atoms with E-state index in [0.29, 0.717) is 28.7 Å². The molecule has 0 fully saturated rings. The summed E-state index contributed by atoms with van der Waals surface area (Å²) in [5.41, 5.74) is 6.65. The number of methoxy groups -OCH3 is 1. The lowest BCUT2D eigenvalue weighted by atomic mass is 10.0. The largest absolute Gasteiger partial charge is 0.497 e. The van der Waals surface area contributed by atoms with Crippen LogP contribution in [-0.4, -0.2) is 21.6 Å². The number of nitrogens with zero attached hydrogens (tertiary/aromatic N) is 2. The van der Waals surface area contributed by atoms with Crippen LogP contribution in [0.5, 0.6) is 5.75 Å². The second kappa shape index (κ2) is 10.5. The number of aromatic amines is 1. The molecule has 0 aliphatic rings. The van der Waals surface area contributed by atoms with Crippen molar-refractivity contribution in [2.45, 2.75) is 37.2 Å². The van der Waals surface area contributed by atoms with Gasteiger partial charge in [-0.2, -0.15) is 0 Å². The van der Waals surface area contributed by atoms with Gasteiger partial charge in [0, 0.05) is 17.5 Å². The van der Waals surface area contributed by atoms with E-state index in [2.05, 4.69) is 43.1 Å². The summed E-state index contributed by atoms with van der Waals surface area (Å²) in [5.74, 6) is 2.01. The molecule has 36 heavy (non-hydrogen) atoms. The number of fused-ring (bicyclic) bond motifs is 1. The Hall–Kier alpha value is -3.77. The lowest BCUT2D eigenvalue weighted by Crippen LogP contribution is -2.24. The van der Waals surface area contributed by atoms with Crippen molar-refractivity contribution in [1.82, 2.24) is 14.5 Å². The van der Waals surface area contributed by atoms with E-state index in [9.17, 15) is 4.79 Å². The van der Waals surface area contributed by atoms with Gasteiger partial charge in [0.2, 0.25) is 0 Å². The number of H-pyrrole nitrogens is 1. The van der Waals surface area contributed by atoms with Crippen molar-refractivity contribution in [2.75, 3.05) is 7.11 Å². The first-order chi connectivity index (χ1) is 17.5. The molecular formula is C30H29N3O2S.